The Kier molecular flexibility index (Phi) is 6.96. The number of hydrogen-bond donors (Lipinski definition) is 1. The van der Waals surface area contributed by atoms with Crippen molar-refractivity contribution in [2.45, 2.75) is 26.7 Å². The maximum absolute atomic E-state index is 13.1. The third-order valence-electron chi connectivity index (χ3n) is 5.39. The van der Waals surface area contributed by atoms with Gasteiger partial charge in [-0.05, 0) is 55.8 Å². The number of anilines is 1. The van der Waals surface area contributed by atoms with E-state index in [0.717, 1.165) is 16.5 Å². The molecule has 0 saturated carbocycles. The topological polar surface area (TPSA) is 103 Å². The molecule has 0 radical (unpaired) electrons. The van der Waals surface area contributed by atoms with Gasteiger partial charge in [0.15, 0.2) is 17.4 Å². The molecule has 0 spiro atoms. The minimum atomic E-state index is -0.644. The van der Waals surface area contributed by atoms with Crippen LogP contribution < -0.4 is 5.32 Å². The molecule has 1 N–H and O–H groups in total. The molecule has 0 atom stereocenters. The van der Waals surface area contributed by atoms with Gasteiger partial charge in [0, 0.05) is 23.8 Å². The number of aromatic nitrogens is 3. The Bertz CT molecular complexity index is 1410. The molecule has 2 aromatic carbocycles. The standard InChI is InChI=1S/C26H23FN4O4/c1-3-35-26(34)20-15-28-31(23-14-16(2)19-6-4-5-7-21(19)29-23)25(20)30-24(33)13-12-22(32)17-8-10-18(27)11-9-17/h4-11,14-15H,3,12-13H2,1-2H3,(H,30,33). The van der Waals surface area contributed by atoms with Crippen molar-refractivity contribution < 1.29 is 23.5 Å². The van der Waals surface area contributed by atoms with Crippen molar-refractivity contribution in [2.75, 3.05) is 11.9 Å². The number of esters is 1. The van der Waals surface area contributed by atoms with E-state index in [1.54, 1.807) is 13.0 Å². The highest BCUT2D eigenvalue weighted by atomic mass is 19.1. The maximum Gasteiger partial charge on any atom is 0.343 e. The number of nitrogens with one attached hydrogen (secondary N) is 1. The Hall–Kier alpha value is -4.40. The lowest BCUT2D eigenvalue weighted by Crippen LogP contribution is -2.19. The average molecular weight is 474 g/mol. The molecule has 9 heteroatoms. The summed E-state index contributed by atoms with van der Waals surface area (Å²) < 4.78 is 19.6. The zero-order chi connectivity index (χ0) is 24.9. The van der Waals surface area contributed by atoms with Crippen LogP contribution in [0.15, 0.2) is 60.8 Å². The molecule has 4 aromatic rings. The molecule has 35 heavy (non-hydrogen) atoms. The number of Topliss-reactive ketones (excluding diaryl/α,β-unsaturated/α-hetero) is 1. The minimum absolute atomic E-state index is 0.0673. The van der Waals surface area contributed by atoms with E-state index in [0.29, 0.717) is 11.4 Å². The molecule has 8 nitrogen and oxygen atoms in total. The van der Waals surface area contributed by atoms with E-state index < -0.39 is 17.7 Å². The second kappa shape index (κ2) is 10.3. The number of pyridine rings is 1. The van der Waals surface area contributed by atoms with Gasteiger partial charge in [-0.3, -0.25) is 9.59 Å². The number of ketones is 1. The van der Waals surface area contributed by atoms with Crippen LogP contribution in [-0.4, -0.2) is 39.0 Å². The normalized spacial score (nSPS) is 10.8. The molecule has 0 saturated heterocycles. The summed E-state index contributed by atoms with van der Waals surface area (Å²) in [5.74, 6) is -1.37. The summed E-state index contributed by atoms with van der Waals surface area (Å²) >= 11 is 0. The second-order valence-corrected chi connectivity index (χ2v) is 7.83. The largest absolute Gasteiger partial charge is 0.462 e. The van der Waals surface area contributed by atoms with E-state index >= 15 is 0 Å². The van der Waals surface area contributed by atoms with Crippen LogP contribution in [0.5, 0.6) is 0 Å². The second-order valence-electron chi connectivity index (χ2n) is 7.83. The number of carbonyl (C=O) groups is 3. The number of rotatable bonds is 8. The van der Waals surface area contributed by atoms with E-state index in [9.17, 15) is 18.8 Å². The molecule has 2 heterocycles. The summed E-state index contributed by atoms with van der Waals surface area (Å²) in [5.41, 5.74) is 2.06. The fraction of sp³-hybridized carbons (Fsp3) is 0.192. The summed E-state index contributed by atoms with van der Waals surface area (Å²) in [4.78, 5) is 42.3. The zero-order valence-electron chi connectivity index (χ0n) is 19.2. The fourth-order valence-corrected chi connectivity index (χ4v) is 3.64. The minimum Gasteiger partial charge on any atom is -0.462 e. The van der Waals surface area contributed by atoms with Crippen molar-refractivity contribution in [2.24, 2.45) is 0 Å². The van der Waals surface area contributed by atoms with Gasteiger partial charge in [0.05, 0.1) is 18.3 Å². The number of fused-ring (bicyclic) bond motifs is 1. The number of ether oxygens (including phenoxy) is 1. The van der Waals surface area contributed by atoms with Crippen LogP contribution in [0.1, 0.15) is 46.0 Å². The molecule has 0 aliphatic heterocycles. The van der Waals surface area contributed by atoms with E-state index in [2.05, 4.69) is 15.4 Å². The fourth-order valence-electron chi connectivity index (χ4n) is 3.64. The molecule has 2 aromatic heterocycles. The number of carbonyl (C=O) groups excluding carboxylic acids is 3. The Labute approximate surface area is 200 Å². The van der Waals surface area contributed by atoms with Crippen molar-refractivity contribution in [3.05, 3.63) is 83.3 Å². The molecule has 0 fully saturated rings. The maximum atomic E-state index is 13.1. The third-order valence-corrected chi connectivity index (χ3v) is 5.39. The van der Waals surface area contributed by atoms with Gasteiger partial charge in [0.1, 0.15) is 11.4 Å². The van der Waals surface area contributed by atoms with Gasteiger partial charge in [-0.15, -0.1) is 0 Å². The quantitative estimate of drug-likeness (QED) is 0.295. The van der Waals surface area contributed by atoms with E-state index in [-0.39, 0.29) is 36.6 Å². The lowest BCUT2D eigenvalue weighted by atomic mass is 10.1. The highest BCUT2D eigenvalue weighted by molar-refractivity contribution is 6.03. The van der Waals surface area contributed by atoms with Crippen molar-refractivity contribution >= 4 is 34.4 Å². The molecular formula is C26H23FN4O4. The van der Waals surface area contributed by atoms with E-state index in [4.69, 9.17) is 4.74 Å². The van der Waals surface area contributed by atoms with Gasteiger partial charge in [0.2, 0.25) is 5.91 Å². The van der Waals surface area contributed by atoms with Crippen LogP contribution in [-0.2, 0) is 9.53 Å². The molecule has 4 rings (SSSR count). The van der Waals surface area contributed by atoms with Crippen LogP contribution in [0, 0.1) is 12.7 Å². The lowest BCUT2D eigenvalue weighted by molar-refractivity contribution is -0.116. The van der Waals surface area contributed by atoms with Crippen LogP contribution in [0.4, 0.5) is 10.2 Å². The van der Waals surface area contributed by atoms with Gasteiger partial charge in [-0.2, -0.15) is 9.78 Å². The average Bonchev–Trinajstić information content (AvgIpc) is 3.26. The van der Waals surface area contributed by atoms with E-state index in [1.165, 1.54) is 35.1 Å². The molecule has 0 aliphatic rings. The number of para-hydroxylation sites is 1. The Balaban J connectivity index is 1.61. The smallest absolute Gasteiger partial charge is 0.343 e. The van der Waals surface area contributed by atoms with Crippen molar-refractivity contribution in [3.8, 4) is 5.82 Å². The highest BCUT2D eigenvalue weighted by Gasteiger charge is 2.23. The number of aryl methyl sites for hydroxylation is 1. The number of nitrogens with zero attached hydrogens (tertiary/aromatic N) is 3. The molecule has 178 valence electrons. The zero-order valence-corrected chi connectivity index (χ0v) is 19.2. The van der Waals surface area contributed by atoms with E-state index in [1.807, 2.05) is 31.2 Å². The summed E-state index contributed by atoms with van der Waals surface area (Å²) in [6.07, 6.45) is 1.07. The monoisotopic (exact) mass is 474 g/mol. The molecule has 0 unspecified atom stereocenters. The highest BCUT2D eigenvalue weighted by Crippen LogP contribution is 2.25. The van der Waals surface area contributed by atoms with Crippen LogP contribution in [0.3, 0.4) is 0 Å². The first-order chi connectivity index (χ1) is 16.9. The summed E-state index contributed by atoms with van der Waals surface area (Å²) in [6.45, 7) is 3.76. The molecular weight excluding hydrogens is 451 g/mol. The van der Waals surface area contributed by atoms with Crippen molar-refractivity contribution in [1.29, 1.82) is 0 Å². The SMILES string of the molecule is CCOC(=O)c1cnn(-c2cc(C)c3ccccc3n2)c1NC(=O)CCC(=O)c1ccc(F)cc1. The first kappa shape index (κ1) is 23.7. The first-order valence-electron chi connectivity index (χ1n) is 11.1. The van der Waals surface area contributed by atoms with Crippen LogP contribution in [0.25, 0.3) is 16.7 Å². The Morgan fingerprint density at radius 3 is 2.54 bits per heavy atom. The lowest BCUT2D eigenvalue weighted by Gasteiger charge is -2.12. The summed E-state index contributed by atoms with van der Waals surface area (Å²) in [7, 11) is 0. The van der Waals surface area contributed by atoms with Crippen molar-refractivity contribution in [3.63, 3.8) is 0 Å². The number of halogens is 1. The Morgan fingerprint density at radius 2 is 1.80 bits per heavy atom. The predicted octanol–water partition coefficient (Wildman–Crippen LogP) is 4.65. The number of amides is 1. The number of hydrogen-bond acceptors (Lipinski definition) is 6. The summed E-state index contributed by atoms with van der Waals surface area (Å²) in [6, 6.07) is 14.5. The van der Waals surface area contributed by atoms with Gasteiger partial charge < -0.3 is 10.1 Å². The van der Waals surface area contributed by atoms with Gasteiger partial charge >= 0.3 is 5.97 Å². The first-order valence-corrected chi connectivity index (χ1v) is 11.1. The van der Waals surface area contributed by atoms with Crippen LogP contribution in [0.2, 0.25) is 0 Å². The van der Waals surface area contributed by atoms with Crippen molar-refractivity contribution in [1.82, 2.24) is 14.8 Å². The predicted molar refractivity (Wildman–Crippen MR) is 128 cm³/mol. The third kappa shape index (κ3) is 5.24. The van der Waals surface area contributed by atoms with Crippen LogP contribution >= 0.6 is 0 Å². The number of benzene rings is 2. The van der Waals surface area contributed by atoms with Gasteiger partial charge in [0.25, 0.3) is 0 Å². The van der Waals surface area contributed by atoms with Gasteiger partial charge in [-0.25, -0.2) is 14.2 Å². The molecule has 0 bridgehead atoms. The summed E-state index contributed by atoms with van der Waals surface area (Å²) in [5, 5.41) is 7.94. The molecule has 1 amide bonds. The molecule has 0 aliphatic carbocycles. The van der Waals surface area contributed by atoms with Gasteiger partial charge in [-0.1, -0.05) is 18.2 Å². The Morgan fingerprint density at radius 1 is 1.06 bits per heavy atom.